The summed E-state index contributed by atoms with van der Waals surface area (Å²) in [5.74, 6) is 0. The summed E-state index contributed by atoms with van der Waals surface area (Å²) in [6, 6.07) is 3.83. The van der Waals surface area contributed by atoms with Gasteiger partial charge in [0.15, 0.2) is 0 Å². The number of hydrogen-bond donors (Lipinski definition) is 1. The van der Waals surface area contributed by atoms with Gasteiger partial charge in [-0.15, -0.1) is 11.3 Å². The van der Waals surface area contributed by atoms with Crippen molar-refractivity contribution in [3.63, 3.8) is 0 Å². The van der Waals surface area contributed by atoms with Crippen molar-refractivity contribution in [3.8, 4) is 0 Å². The van der Waals surface area contributed by atoms with E-state index in [4.69, 9.17) is 0 Å². The molecule has 6 heteroatoms. The van der Waals surface area contributed by atoms with Crippen molar-refractivity contribution in [2.24, 2.45) is 0 Å². The van der Waals surface area contributed by atoms with Gasteiger partial charge in [-0.3, -0.25) is 0 Å². The highest BCUT2D eigenvalue weighted by molar-refractivity contribution is 7.91. The molecule has 0 amide bonds. The van der Waals surface area contributed by atoms with Crippen LogP contribution < -0.4 is 5.32 Å². The minimum Gasteiger partial charge on any atom is -0.315 e. The highest BCUT2D eigenvalue weighted by atomic mass is 32.2. The van der Waals surface area contributed by atoms with Crippen LogP contribution in [0.15, 0.2) is 16.3 Å². The molecule has 1 N–H and O–H groups in total. The molecular formula is C13H22N2O2S2. The minimum atomic E-state index is -3.33. The predicted molar refractivity (Wildman–Crippen MR) is 78.9 cm³/mol. The van der Waals surface area contributed by atoms with Crippen molar-refractivity contribution in [1.82, 2.24) is 9.62 Å². The highest BCUT2D eigenvalue weighted by Crippen LogP contribution is 2.32. The smallest absolute Gasteiger partial charge is 0.253 e. The predicted octanol–water partition coefficient (Wildman–Crippen LogP) is 2.42. The Hall–Kier alpha value is -0.430. The second-order valence-electron chi connectivity index (χ2n) is 5.21. The van der Waals surface area contributed by atoms with Crippen molar-refractivity contribution in [2.75, 3.05) is 7.05 Å². The quantitative estimate of drug-likeness (QED) is 0.929. The first-order chi connectivity index (χ1) is 8.96. The Morgan fingerprint density at radius 1 is 1.32 bits per heavy atom. The van der Waals surface area contributed by atoms with Gasteiger partial charge >= 0.3 is 0 Å². The lowest BCUT2D eigenvalue weighted by molar-refractivity contribution is 0.204. The maximum absolute atomic E-state index is 12.7. The Morgan fingerprint density at radius 3 is 2.53 bits per heavy atom. The van der Waals surface area contributed by atoms with Crippen LogP contribution >= 0.6 is 11.3 Å². The number of thiophene rings is 1. The summed E-state index contributed by atoms with van der Waals surface area (Å²) in [6.45, 7) is 4.73. The lowest BCUT2D eigenvalue weighted by Crippen LogP contribution is -2.47. The number of rotatable bonds is 4. The van der Waals surface area contributed by atoms with Crippen molar-refractivity contribution in [2.45, 2.75) is 55.9 Å². The topological polar surface area (TPSA) is 49.4 Å². The Kier molecular flexibility index (Phi) is 4.66. The van der Waals surface area contributed by atoms with Gasteiger partial charge in [0.05, 0.1) is 0 Å². The number of nitrogens with zero attached hydrogens (tertiary/aromatic N) is 1. The Labute approximate surface area is 119 Å². The van der Waals surface area contributed by atoms with Crippen LogP contribution in [0.5, 0.6) is 0 Å². The fourth-order valence-corrected chi connectivity index (χ4v) is 6.10. The molecule has 2 atom stereocenters. The maximum Gasteiger partial charge on any atom is 0.253 e. The number of piperidine rings is 1. The van der Waals surface area contributed by atoms with Crippen LogP contribution in [-0.4, -0.2) is 31.9 Å². The van der Waals surface area contributed by atoms with E-state index in [9.17, 15) is 8.42 Å². The third kappa shape index (κ3) is 3.02. The normalized spacial score (nSPS) is 25.6. The molecule has 1 aliphatic rings. The molecule has 0 radical (unpaired) electrons. The number of sulfonamides is 1. The molecule has 0 aliphatic carbocycles. The molecule has 1 aromatic rings. The van der Waals surface area contributed by atoms with E-state index in [-0.39, 0.29) is 12.1 Å². The van der Waals surface area contributed by atoms with Crippen molar-refractivity contribution < 1.29 is 8.42 Å². The average molecular weight is 302 g/mol. The van der Waals surface area contributed by atoms with Gasteiger partial charge < -0.3 is 5.32 Å². The van der Waals surface area contributed by atoms with Gasteiger partial charge in [-0.2, -0.15) is 4.31 Å². The summed E-state index contributed by atoms with van der Waals surface area (Å²) in [4.78, 5) is 1.05. The second kappa shape index (κ2) is 5.91. The van der Waals surface area contributed by atoms with E-state index < -0.39 is 10.0 Å². The highest BCUT2D eigenvalue weighted by Gasteiger charge is 2.36. The molecule has 1 saturated heterocycles. The molecule has 108 valence electrons. The summed E-state index contributed by atoms with van der Waals surface area (Å²) < 4.78 is 27.7. The summed E-state index contributed by atoms with van der Waals surface area (Å²) in [5, 5.41) is 3.05. The van der Waals surface area contributed by atoms with Crippen molar-refractivity contribution >= 4 is 21.4 Å². The summed E-state index contributed by atoms with van der Waals surface area (Å²) >= 11 is 1.37. The molecule has 0 saturated carbocycles. The van der Waals surface area contributed by atoms with E-state index in [0.29, 0.717) is 10.8 Å². The molecule has 0 aromatic carbocycles. The van der Waals surface area contributed by atoms with E-state index in [1.807, 2.05) is 27.0 Å². The third-order valence-electron chi connectivity index (χ3n) is 3.63. The minimum absolute atomic E-state index is 0.101. The van der Waals surface area contributed by atoms with Crippen LogP contribution in [0.1, 0.15) is 38.0 Å². The fourth-order valence-electron chi connectivity index (χ4n) is 2.74. The zero-order valence-electron chi connectivity index (χ0n) is 11.7. The van der Waals surface area contributed by atoms with Crippen LogP contribution in [0, 0.1) is 0 Å². The first-order valence-electron chi connectivity index (χ1n) is 6.73. The lowest BCUT2D eigenvalue weighted by atomic mass is 10.0. The van der Waals surface area contributed by atoms with Crippen LogP contribution in [0.25, 0.3) is 0 Å². The zero-order valence-corrected chi connectivity index (χ0v) is 13.4. The maximum atomic E-state index is 12.7. The second-order valence-corrected chi connectivity index (χ2v) is 8.45. The van der Waals surface area contributed by atoms with Gasteiger partial charge in [0, 0.05) is 23.5 Å². The molecule has 0 spiro atoms. The van der Waals surface area contributed by atoms with Gasteiger partial charge in [-0.25, -0.2) is 8.42 Å². The number of nitrogens with one attached hydrogen (secondary N) is 1. The van der Waals surface area contributed by atoms with Gasteiger partial charge in [0.2, 0.25) is 0 Å². The van der Waals surface area contributed by atoms with E-state index in [1.165, 1.54) is 11.3 Å². The summed E-state index contributed by atoms with van der Waals surface area (Å²) in [6.07, 6.45) is 3.03. The fraction of sp³-hybridized carbons (Fsp3) is 0.692. The number of hydrogen-bond acceptors (Lipinski definition) is 4. The third-order valence-corrected chi connectivity index (χ3v) is 7.31. The van der Waals surface area contributed by atoms with Crippen LogP contribution in [0.2, 0.25) is 0 Å². The molecule has 1 aliphatic heterocycles. The summed E-state index contributed by atoms with van der Waals surface area (Å²) in [7, 11) is -1.47. The van der Waals surface area contributed by atoms with E-state index >= 15 is 0 Å². The van der Waals surface area contributed by atoms with Crippen LogP contribution in [0.4, 0.5) is 0 Å². The Morgan fingerprint density at radius 2 is 1.95 bits per heavy atom. The molecule has 0 unspecified atom stereocenters. The van der Waals surface area contributed by atoms with Gasteiger partial charge in [-0.05, 0) is 45.9 Å². The molecule has 1 aromatic heterocycles. The molecule has 2 rings (SSSR count). The zero-order chi connectivity index (χ0) is 14.0. The first kappa shape index (κ1) is 15.0. The standard InChI is InChI=1S/C13H22N2O2S2/c1-10-5-4-6-11(2)15(10)19(16,17)13-8-7-12(18-13)9-14-3/h7-8,10-11,14H,4-6,9H2,1-3H3/t10-,11+. The van der Waals surface area contributed by atoms with Crippen molar-refractivity contribution in [1.29, 1.82) is 0 Å². The molecule has 4 nitrogen and oxygen atoms in total. The van der Waals surface area contributed by atoms with Gasteiger partial charge in [0.1, 0.15) is 4.21 Å². The Bertz CT molecular complexity index is 515. The van der Waals surface area contributed by atoms with Gasteiger partial charge in [0.25, 0.3) is 10.0 Å². The average Bonchev–Trinajstić information content (AvgIpc) is 2.78. The van der Waals surface area contributed by atoms with E-state index in [2.05, 4.69) is 5.32 Å². The summed E-state index contributed by atoms with van der Waals surface area (Å²) in [5.41, 5.74) is 0. The van der Waals surface area contributed by atoms with Crippen molar-refractivity contribution in [3.05, 3.63) is 17.0 Å². The van der Waals surface area contributed by atoms with E-state index in [0.717, 1.165) is 24.1 Å². The molecule has 0 bridgehead atoms. The monoisotopic (exact) mass is 302 g/mol. The lowest BCUT2D eigenvalue weighted by Gasteiger charge is -2.37. The largest absolute Gasteiger partial charge is 0.315 e. The molecule has 2 heterocycles. The SMILES string of the molecule is CNCc1ccc(S(=O)(=O)N2[C@H](C)CCC[C@@H]2C)s1. The van der Waals surface area contributed by atoms with Gasteiger partial charge in [-0.1, -0.05) is 6.42 Å². The Balaban J connectivity index is 2.29. The first-order valence-corrected chi connectivity index (χ1v) is 8.99. The molecule has 19 heavy (non-hydrogen) atoms. The van der Waals surface area contributed by atoms with Crippen LogP contribution in [-0.2, 0) is 16.6 Å². The van der Waals surface area contributed by atoms with Crippen LogP contribution in [0.3, 0.4) is 0 Å². The van der Waals surface area contributed by atoms with E-state index in [1.54, 1.807) is 10.4 Å². The molecular weight excluding hydrogens is 280 g/mol. The molecule has 1 fully saturated rings.